The van der Waals surface area contributed by atoms with Gasteiger partial charge >= 0.3 is 0 Å². The van der Waals surface area contributed by atoms with Crippen molar-refractivity contribution in [2.24, 2.45) is 5.92 Å². The number of rotatable bonds is 3. The van der Waals surface area contributed by atoms with E-state index in [1.54, 1.807) is 0 Å². The predicted octanol–water partition coefficient (Wildman–Crippen LogP) is 1.86. The zero-order valence-corrected chi connectivity index (χ0v) is 9.63. The van der Waals surface area contributed by atoms with Crippen molar-refractivity contribution in [2.75, 3.05) is 19.6 Å². The fourth-order valence-electron chi connectivity index (χ4n) is 3.06. The van der Waals surface area contributed by atoms with Gasteiger partial charge in [0.05, 0.1) is 0 Å². The molecule has 0 saturated carbocycles. The summed E-state index contributed by atoms with van der Waals surface area (Å²) in [6.45, 7) is 8.57. The van der Waals surface area contributed by atoms with Crippen LogP contribution in [0, 0.1) is 5.92 Å². The van der Waals surface area contributed by atoms with Gasteiger partial charge < -0.3 is 5.32 Å². The van der Waals surface area contributed by atoms with Gasteiger partial charge in [-0.25, -0.2) is 0 Å². The van der Waals surface area contributed by atoms with Crippen LogP contribution in [-0.2, 0) is 0 Å². The Morgan fingerprint density at radius 2 is 2.14 bits per heavy atom. The Morgan fingerprint density at radius 1 is 1.29 bits per heavy atom. The standard InChI is InChI=1S/C12H24N2/c1-3-12-5-4-10(2)14(12)9-11-6-7-13-8-11/h10-13H,3-9H2,1-2H3/t10?,11-,12?/m0/s1. The molecule has 0 aromatic rings. The zero-order valence-electron chi connectivity index (χ0n) is 9.63. The normalized spacial score (nSPS) is 39.4. The average molecular weight is 196 g/mol. The second kappa shape index (κ2) is 4.63. The lowest BCUT2D eigenvalue weighted by atomic mass is 10.1. The molecule has 2 heterocycles. The van der Waals surface area contributed by atoms with E-state index in [1.807, 2.05) is 0 Å². The Hall–Kier alpha value is -0.0800. The second-order valence-electron chi connectivity index (χ2n) is 5.04. The topological polar surface area (TPSA) is 15.3 Å². The summed E-state index contributed by atoms with van der Waals surface area (Å²) < 4.78 is 0. The number of nitrogens with zero attached hydrogens (tertiary/aromatic N) is 1. The summed E-state index contributed by atoms with van der Waals surface area (Å²) in [5.74, 6) is 0.921. The summed E-state index contributed by atoms with van der Waals surface area (Å²) in [7, 11) is 0. The van der Waals surface area contributed by atoms with Crippen LogP contribution in [0.5, 0.6) is 0 Å². The zero-order chi connectivity index (χ0) is 9.97. The molecule has 0 aromatic carbocycles. The molecule has 2 unspecified atom stereocenters. The van der Waals surface area contributed by atoms with Crippen LogP contribution in [0.4, 0.5) is 0 Å². The van der Waals surface area contributed by atoms with Gasteiger partial charge in [0, 0.05) is 18.6 Å². The van der Waals surface area contributed by atoms with Gasteiger partial charge in [0.25, 0.3) is 0 Å². The van der Waals surface area contributed by atoms with Gasteiger partial charge in [-0.3, -0.25) is 4.90 Å². The molecular formula is C12H24N2. The van der Waals surface area contributed by atoms with Crippen molar-refractivity contribution in [2.45, 2.75) is 51.6 Å². The maximum atomic E-state index is 3.47. The van der Waals surface area contributed by atoms with E-state index in [2.05, 4.69) is 24.1 Å². The van der Waals surface area contributed by atoms with Crippen LogP contribution in [0.1, 0.15) is 39.5 Å². The van der Waals surface area contributed by atoms with E-state index in [-0.39, 0.29) is 0 Å². The summed E-state index contributed by atoms with van der Waals surface area (Å²) in [5, 5.41) is 3.47. The third kappa shape index (κ3) is 2.12. The van der Waals surface area contributed by atoms with Gasteiger partial charge in [-0.05, 0) is 51.6 Å². The number of likely N-dealkylation sites (tertiary alicyclic amines) is 1. The molecule has 14 heavy (non-hydrogen) atoms. The highest BCUT2D eigenvalue weighted by molar-refractivity contribution is 4.87. The maximum absolute atomic E-state index is 3.47. The van der Waals surface area contributed by atoms with Crippen molar-refractivity contribution in [1.82, 2.24) is 10.2 Å². The quantitative estimate of drug-likeness (QED) is 0.741. The van der Waals surface area contributed by atoms with E-state index in [9.17, 15) is 0 Å². The Morgan fingerprint density at radius 3 is 2.79 bits per heavy atom. The van der Waals surface area contributed by atoms with Crippen molar-refractivity contribution in [1.29, 1.82) is 0 Å². The molecule has 0 aliphatic carbocycles. The smallest absolute Gasteiger partial charge is 0.00961 e. The van der Waals surface area contributed by atoms with Gasteiger partial charge in [-0.2, -0.15) is 0 Å². The average Bonchev–Trinajstić information content (AvgIpc) is 2.79. The highest BCUT2D eigenvalue weighted by Crippen LogP contribution is 2.27. The molecule has 82 valence electrons. The largest absolute Gasteiger partial charge is 0.316 e. The van der Waals surface area contributed by atoms with Crippen LogP contribution in [0.3, 0.4) is 0 Å². The van der Waals surface area contributed by atoms with E-state index in [1.165, 1.54) is 45.3 Å². The molecule has 0 bridgehead atoms. The minimum Gasteiger partial charge on any atom is -0.316 e. The third-order valence-electron chi connectivity index (χ3n) is 4.06. The molecule has 1 N–H and O–H groups in total. The summed E-state index contributed by atoms with van der Waals surface area (Å²) in [5.41, 5.74) is 0. The number of hydrogen-bond acceptors (Lipinski definition) is 2. The van der Waals surface area contributed by atoms with Crippen LogP contribution in [-0.4, -0.2) is 36.6 Å². The Balaban J connectivity index is 1.87. The highest BCUT2D eigenvalue weighted by Gasteiger charge is 2.31. The first-order valence-electron chi connectivity index (χ1n) is 6.27. The fraction of sp³-hybridized carbons (Fsp3) is 1.00. The lowest BCUT2D eigenvalue weighted by molar-refractivity contribution is 0.172. The molecule has 3 atom stereocenters. The summed E-state index contributed by atoms with van der Waals surface area (Å²) in [6, 6.07) is 1.71. The van der Waals surface area contributed by atoms with E-state index in [0.29, 0.717) is 0 Å². The van der Waals surface area contributed by atoms with Crippen molar-refractivity contribution < 1.29 is 0 Å². The highest BCUT2D eigenvalue weighted by atomic mass is 15.2. The van der Waals surface area contributed by atoms with Crippen LogP contribution < -0.4 is 5.32 Å². The lowest BCUT2D eigenvalue weighted by Crippen LogP contribution is -2.38. The van der Waals surface area contributed by atoms with Gasteiger partial charge in [0.15, 0.2) is 0 Å². The minimum absolute atomic E-state index is 0.834. The first kappa shape index (κ1) is 10.4. The summed E-state index contributed by atoms with van der Waals surface area (Å²) >= 11 is 0. The van der Waals surface area contributed by atoms with Crippen LogP contribution in [0.15, 0.2) is 0 Å². The molecule has 0 amide bonds. The molecule has 2 fully saturated rings. The molecule has 2 aliphatic heterocycles. The molecule has 2 saturated heterocycles. The first-order chi connectivity index (χ1) is 6.81. The van der Waals surface area contributed by atoms with Crippen LogP contribution >= 0.6 is 0 Å². The monoisotopic (exact) mass is 196 g/mol. The molecule has 0 spiro atoms. The number of nitrogens with one attached hydrogen (secondary N) is 1. The summed E-state index contributed by atoms with van der Waals surface area (Å²) in [4.78, 5) is 2.76. The van der Waals surface area contributed by atoms with Gasteiger partial charge in [0.1, 0.15) is 0 Å². The molecule has 2 aliphatic rings. The number of hydrogen-bond donors (Lipinski definition) is 1. The minimum atomic E-state index is 0.834. The Bertz CT molecular complexity index is 175. The van der Waals surface area contributed by atoms with Crippen LogP contribution in [0.25, 0.3) is 0 Å². The SMILES string of the molecule is CCC1CCC(C)N1C[C@H]1CCNC1. The molecule has 0 aromatic heterocycles. The van der Waals surface area contributed by atoms with Crippen molar-refractivity contribution in [3.05, 3.63) is 0 Å². The Labute approximate surface area is 88.1 Å². The predicted molar refractivity (Wildman–Crippen MR) is 60.5 cm³/mol. The van der Waals surface area contributed by atoms with Crippen molar-refractivity contribution >= 4 is 0 Å². The van der Waals surface area contributed by atoms with E-state index in [0.717, 1.165) is 18.0 Å². The second-order valence-corrected chi connectivity index (χ2v) is 5.04. The maximum Gasteiger partial charge on any atom is 0.00961 e. The van der Waals surface area contributed by atoms with Gasteiger partial charge in [0.2, 0.25) is 0 Å². The molecule has 2 heteroatoms. The van der Waals surface area contributed by atoms with E-state index in [4.69, 9.17) is 0 Å². The van der Waals surface area contributed by atoms with Crippen LogP contribution in [0.2, 0.25) is 0 Å². The molecule has 0 radical (unpaired) electrons. The summed E-state index contributed by atoms with van der Waals surface area (Å²) in [6.07, 6.45) is 5.57. The van der Waals surface area contributed by atoms with E-state index >= 15 is 0 Å². The molecule has 2 rings (SSSR count). The molecular weight excluding hydrogens is 172 g/mol. The molecule has 2 nitrogen and oxygen atoms in total. The lowest BCUT2D eigenvalue weighted by Gasteiger charge is -2.30. The van der Waals surface area contributed by atoms with E-state index < -0.39 is 0 Å². The third-order valence-corrected chi connectivity index (χ3v) is 4.06. The Kier molecular flexibility index (Phi) is 3.45. The van der Waals surface area contributed by atoms with Gasteiger partial charge in [-0.15, -0.1) is 0 Å². The van der Waals surface area contributed by atoms with Gasteiger partial charge in [-0.1, -0.05) is 6.92 Å². The first-order valence-corrected chi connectivity index (χ1v) is 6.27. The van der Waals surface area contributed by atoms with Crippen molar-refractivity contribution in [3.63, 3.8) is 0 Å². The fourth-order valence-corrected chi connectivity index (χ4v) is 3.06. The van der Waals surface area contributed by atoms with Crippen molar-refractivity contribution in [3.8, 4) is 0 Å².